The Morgan fingerprint density at radius 3 is 1.98 bits per heavy atom. The second kappa shape index (κ2) is 12.9. The largest absolute Gasteiger partial charge is 0.350 e. The van der Waals surface area contributed by atoms with Crippen LogP contribution in [0.25, 0.3) is 0 Å². The minimum absolute atomic E-state index is 0.0356. The van der Waals surface area contributed by atoms with E-state index >= 15 is 0 Å². The highest BCUT2D eigenvalue weighted by atomic mass is 35.5. The smallest absolute Gasteiger partial charge is 0.264 e. The van der Waals surface area contributed by atoms with Gasteiger partial charge >= 0.3 is 0 Å². The monoisotopic (exact) mass is 583 g/mol. The lowest BCUT2D eigenvalue weighted by atomic mass is 10.1. The van der Waals surface area contributed by atoms with Crippen LogP contribution in [-0.4, -0.2) is 43.3 Å². The van der Waals surface area contributed by atoms with Gasteiger partial charge < -0.3 is 10.2 Å². The van der Waals surface area contributed by atoms with Crippen LogP contribution in [0.5, 0.6) is 0 Å². The topological polar surface area (TPSA) is 86.8 Å². The van der Waals surface area contributed by atoms with Crippen LogP contribution in [-0.2, 0) is 26.2 Å². The van der Waals surface area contributed by atoms with Crippen LogP contribution in [0, 0.1) is 13.8 Å². The third-order valence-corrected chi connectivity index (χ3v) is 8.46. The van der Waals surface area contributed by atoms with Gasteiger partial charge in [0, 0.05) is 12.1 Å². The van der Waals surface area contributed by atoms with Gasteiger partial charge in [-0.1, -0.05) is 78.2 Å². The molecular formula is C31H38ClN3O4S. The first-order chi connectivity index (χ1) is 18.7. The maximum atomic E-state index is 14.1. The van der Waals surface area contributed by atoms with Crippen molar-refractivity contribution < 1.29 is 18.0 Å². The fourth-order valence-corrected chi connectivity index (χ4v) is 5.99. The summed E-state index contributed by atoms with van der Waals surface area (Å²) in [7, 11) is -4.18. The molecule has 3 rings (SSSR count). The summed E-state index contributed by atoms with van der Waals surface area (Å²) in [6, 6.07) is 19.8. The molecule has 0 bridgehead atoms. The molecular weight excluding hydrogens is 546 g/mol. The highest BCUT2D eigenvalue weighted by Gasteiger charge is 2.35. The molecule has 1 N–H and O–H groups in total. The Kier molecular flexibility index (Phi) is 10.0. The zero-order chi connectivity index (χ0) is 29.7. The molecule has 0 aliphatic heterocycles. The van der Waals surface area contributed by atoms with Gasteiger partial charge in [0.05, 0.1) is 15.6 Å². The Morgan fingerprint density at radius 1 is 0.900 bits per heavy atom. The van der Waals surface area contributed by atoms with Crippen molar-refractivity contribution in [1.29, 1.82) is 0 Å². The number of rotatable bonds is 10. The summed E-state index contributed by atoms with van der Waals surface area (Å²) in [6.45, 7) is 10.9. The normalized spacial score (nSPS) is 12.5. The minimum Gasteiger partial charge on any atom is -0.350 e. The SMILES string of the molecule is CCC(C(=O)NC(C)(C)C)N(Cc1ccc(C)cc1)C(=O)CN(c1ccccc1Cl)S(=O)(=O)c1ccc(C)cc1. The van der Waals surface area contributed by atoms with Crippen molar-refractivity contribution in [3.8, 4) is 0 Å². The maximum absolute atomic E-state index is 14.1. The zero-order valence-corrected chi connectivity index (χ0v) is 25.5. The number of halogens is 1. The Balaban J connectivity index is 2.08. The Hall–Kier alpha value is -3.36. The average Bonchev–Trinajstić information content (AvgIpc) is 2.88. The number of hydrogen-bond donors (Lipinski definition) is 1. The Morgan fingerprint density at radius 2 is 1.45 bits per heavy atom. The number of carbonyl (C=O) groups excluding carboxylic acids is 2. The van der Waals surface area contributed by atoms with Crippen molar-refractivity contribution in [2.24, 2.45) is 0 Å². The van der Waals surface area contributed by atoms with E-state index in [2.05, 4.69) is 5.32 Å². The Bertz CT molecular complexity index is 1430. The summed E-state index contributed by atoms with van der Waals surface area (Å²) in [6.07, 6.45) is 0.344. The lowest BCUT2D eigenvalue weighted by Crippen LogP contribution is -2.55. The number of para-hydroxylation sites is 1. The molecule has 214 valence electrons. The summed E-state index contributed by atoms with van der Waals surface area (Å²) >= 11 is 6.46. The summed E-state index contributed by atoms with van der Waals surface area (Å²) in [5, 5.41) is 3.16. The summed E-state index contributed by atoms with van der Waals surface area (Å²) in [4.78, 5) is 29.0. The molecule has 1 unspecified atom stereocenters. The van der Waals surface area contributed by atoms with E-state index in [0.29, 0.717) is 6.42 Å². The third kappa shape index (κ3) is 7.86. The number of nitrogens with one attached hydrogen (secondary N) is 1. The van der Waals surface area contributed by atoms with Crippen LogP contribution in [0.1, 0.15) is 50.8 Å². The van der Waals surface area contributed by atoms with Crippen molar-refractivity contribution >= 4 is 39.1 Å². The molecule has 1 atom stereocenters. The van der Waals surface area contributed by atoms with Crippen LogP contribution >= 0.6 is 11.6 Å². The van der Waals surface area contributed by atoms with Crippen molar-refractivity contribution in [2.45, 2.75) is 71.0 Å². The molecule has 0 heterocycles. The van der Waals surface area contributed by atoms with Gasteiger partial charge in [-0.2, -0.15) is 0 Å². The summed E-state index contributed by atoms with van der Waals surface area (Å²) in [5.74, 6) is -0.826. The number of benzene rings is 3. The molecule has 0 spiro atoms. The number of anilines is 1. The minimum atomic E-state index is -4.18. The molecule has 7 nitrogen and oxygen atoms in total. The predicted octanol–water partition coefficient (Wildman–Crippen LogP) is 5.87. The van der Waals surface area contributed by atoms with E-state index in [-0.39, 0.29) is 28.1 Å². The van der Waals surface area contributed by atoms with Crippen LogP contribution in [0.3, 0.4) is 0 Å². The number of nitrogens with zero attached hydrogens (tertiary/aromatic N) is 2. The number of amides is 2. The van der Waals surface area contributed by atoms with E-state index in [1.807, 2.05) is 65.8 Å². The summed E-state index contributed by atoms with van der Waals surface area (Å²) < 4.78 is 28.9. The molecule has 0 radical (unpaired) electrons. The van der Waals surface area contributed by atoms with E-state index in [1.165, 1.54) is 17.0 Å². The second-order valence-corrected chi connectivity index (χ2v) is 13.2. The first kappa shape index (κ1) is 31.2. The van der Waals surface area contributed by atoms with Crippen molar-refractivity contribution in [1.82, 2.24) is 10.2 Å². The molecule has 0 aliphatic rings. The third-order valence-electron chi connectivity index (χ3n) is 6.37. The van der Waals surface area contributed by atoms with Crippen molar-refractivity contribution in [2.75, 3.05) is 10.8 Å². The van der Waals surface area contributed by atoms with E-state index < -0.39 is 34.1 Å². The predicted molar refractivity (Wildman–Crippen MR) is 161 cm³/mol. The van der Waals surface area contributed by atoms with Crippen LogP contribution < -0.4 is 9.62 Å². The molecule has 9 heteroatoms. The quantitative estimate of drug-likeness (QED) is 0.323. The fraction of sp³-hybridized carbons (Fsp3) is 0.355. The van der Waals surface area contributed by atoms with Gasteiger partial charge in [-0.3, -0.25) is 13.9 Å². The first-order valence-corrected chi connectivity index (χ1v) is 15.1. The second-order valence-electron chi connectivity index (χ2n) is 10.9. The molecule has 0 saturated heterocycles. The average molecular weight is 584 g/mol. The molecule has 40 heavy (non-hydrogen) atoms. The van der Waals surface area contributed by atoms with Gasteiger partial charge in [-0.25, -0.2) is 8.42 Å². The van der Waals surface area contributed by atoms with E-state index in [0.717, 1.165) is 21.0 Å². The van der Waals surface area contributed by atoms with Gasteiger partial charge in [0.15, 0.2) is 0 Å². The van der Waals surface area contributed by atoms with Crippen molar-refractivity contribution in [3.63, 3.8) is 0 Å². The summed E-state index contributed by atoms with van der Waals surface area (Å²) in [5.41, 5.74) is 2.46. The highest BCUT2D eigenvalue weighted by Crippen LogP contribution is 2.31. The van der Waals surface area contributed by atoms with Gasteiger partial charge in [0.25, 0.3) is 10.0 Å². The number of aryl methyl sites for hydroxylation is 2. The molecule has 0 saturated carbocycles. The Labute approximate surface area is 243 Å². The van der Waals surface area contributed by atoms with E-state index in [1.54, 1.807) is 36.4 Å². The standard InChI is InChI=1S/C31H38ClN3O4S/c1-7-27(30(37)33-31(4,5)6)34(20-24-16-12-22(2)13-17-24)29(36)21-35(28-11-9-8-10-26(28)32)40(38,39)25-18-14-23(3)15-19-25/h8-19,27H,7,20-21H2,1-6H3,(H,33,37). The van der Waals surface area contributed by atoms with Gasteiger partial charge in [0.2, 0.25) is 11.8 Å². The molecule has 3 aromatic carbocycles. The number of carbonyl (C=O) groups is 2. The van der Waals surface area contributed by atoms with Crippen LogP contribution in [0.15, 0.2) is 77.7 Å². The molecule has 0 fully saturated rings. The lowest BCUT2D eigenvalue weighted by Gasteiger charge is -2.35. The van der Waals surface area contributed by atoms with E-state index in [9.17, 15) is 18.0 Å². The molecule has 0 aliphatic carbocycles. The number of hydrogen-bond acceptors (Lipinski definition) is 4. The molecule has 0 aromatic heterocycles. The maximum Gasteiger partial charge on any atom is 0.264 e. The van der Waals surface area contributed by atoms with Gasteiger partial charge in [0.1, 0.15) is 12.6 Å². The van der Waals surface area contributed by atoms with Gasteiger partial charge in [-0.05, 0) is 70.9 Å². The zero-order valence-electron chi connectivity index (χ0n) is 23.9. The van der Waals surface area contributed by atoms with Crippen LogP contribution in [0.2, 0.25) is 5.02 Å². The van der Waals surface area contributed by atoms with Crippen LogP contribution in [0.4, 0.5) is 5.69 Å². The first-order valence-electron chi connectivity index (χ1n) is 13.2. The fourth-order valence-electron chi connectivity index (χ4n) is 4.27. The number of sulfonamides is 1. The van der Waals surface area contributed by atoms with Gasteiger partial charge in [-0.15, -0.1) is 0 Å². The molecule has 2 amide bonds. The lowest BCUT2D eigenvalue weighted by molar-refractivity contribution is -0.141. The van der Waals surface area contributed by atoms with E-state index in [4.69, 9.17) is 11.6 Å². The van der Waals surface area contributed by atoms with Crippen molar-refractivity contribution in [3.05, 3.63) is 94.5 Å². The molecule has 3 aromatic rings. The highest BCUT2D eigenvalue weighted by molar-refractivity contribution is 7.92.